The maximum Gasteiger partial charge on any atom is 0.147 e. The van der Waals surface area contributed by atoms with Gasteiger partial charge in [-0.2, -0.15) is 0 Å². The first-order chi connectivity index (χ1) is 24.0. The van der Waals surface area contributed by atoms with Gasteiger partial charge in [0.25, 0.3) is 0 Å². The standard InChI is InChI=1S/C42H25Br2NO4/c43-38-34(46-32-21-19-28-26-15-7-9-17-30(26)48-41(28)36(32)24-11-3-1-4-12-24)23-35(39(44)40(38)45)47-33-22-20-29-27-16-8-10-18-31(27)49-42(29)37(33)25-13-5-2-6-14-25/h1-23H,45H2. The molecule has 0 saturated carbocycles. The van der Waals surface area contributed by atoms with E-state index in [9.17, 15) is 0 Å². The molecule has 0 amide bonds. The lowest BCUT2D eigenvalue weighted by Gasteiger charge is -2.18. The van der Waals surface area contributed by atoms with E-state index in [-0.39, 0.29) is 0 Å². The van der Waals surface area contributed by atoms with E-state index in [1.165, 1.54) is 0 Å². The zero-order chi connectivity index (χ0) is 33.1. The van der Waals surface area contributed by atoms with E-state index < -0.39 is 0 Å². The Labute approximate surface area is 297 Å². The van der Waals surface area contributed by atoms with Crippen LogP contribution in [0.1, 0.15) is 0 Å². The molecule has 2 heterocycles. The molecule has 0 aliphatic heterocycles. The third kappa shape index (κ3) is 4.96. The van der Waals surface area contributed by atoms with Crippen LogP contribution in [0, 0.1) is 0 Å². The molecule has 7 aromatic carbocycles. The van der Waals surface area contributed by atoms with E-state index in [0.29, 0.717) is 37.6 Å². The van der Waals surface area contributed by atoms with Gasteiger partial charge < -0.3 is 24.0 Å². The number of rotatable bonds is 6. The zero-order valence-corrected chi connectivity index (χ0v) is 28.9. The van der Waals surface area contributed by atoms with Gasteiger partial charge in [-0.15, -0.1) is 0 Å². The van der Waals surface area contributed by atoms with Crippen molar-refractivity contribution in [3.05, 3.63) is 148 Å². The van der Waals surface area contributed by atoms with Gasteiger partial charge in [0, 0.05) is 27.6 Å². The third-order valence-corrected chi connectivity index (χ3v) is 10.4. The molecule has 9 rings (SSSR count). The molecule has 236 valence electrons. The highest BCUT2D eigenvalue weighted by atomic mass is 79.9. The van der Waals surface area contributed by atoms with Crippen molar-refractivity contribution in [2.75, 3.05) is 5.73 Å². The first-order valence-electron chi connectivity index (χ1n) is 15.7. The summed E-state index contributed by atoms with van der Waals surface area (Å²) in [5, 5.41) is 4.10. The number of benzene rings is 7. The molecule has 2 aromatic heterocycles. The molecule has 0 aliphatic rings. The molecule has 9 aromatic rings. The Bertz CT molecular complexity index is 2520. The maximum atomic E-state index is 6.73. The number of nitrogens with two attached hydrogens (primary N) is 1. The summed E-state index contributed by atoms with van der Waals surface area (Å²) in [4.78, 5) is 0. The molecule has 0 unspecified atom stereocenters. The summed E-state index contributed by atoms with van der Waals surface area (Å²) in [6.07, 6.45) is 0. The van der Waals surface area contributed by atoms with Crippen LogP contribution < -0.4 is 15.2 Å². The number of halogens is 2. The summed E-state index contributed by atoms with van der Waals surface area (Å²) in [5.74, 6) is 2.18. The van der Waals surface area contributed by atoms with Crippen LogP contribution in [0.3, 0.4) is 0 Å². The Hall–Kier alpha value is -5.50. The summed E-state index contributed by atoms with van der Waals surface area (Å²) in [6.45, 7) is 0. The second-order valence-electron chi connectivity index (χ2n) is 11.7. The average molecular weight is 767 g/mol. The minimum atomic E-state index is 0.435. The number of para-hydroxylation sites is 2. The monoisotopic (exact) mass is 765 g/mol. The second-order valence-corrected chi connectivity index (χ2v) is 13.3. The second kappa shape index (κ2) is 11.9. The number of hydrogen-bond acceptors (Lipinski definition) is 5. The normalized spacial score (nSPS) is 11.6. The van der Waals surface area contributed by atoms with E-state index in [2.05, 4.69) is 44.0 Å². The van der Waals surface area contributed by atoms with E-state index in [1.807, 2.05) is 127 Å². The van der Waals surface area contributed by atoms with Crippen LogP contribution in [0.25, 0.3) is 66.1 Å². The van der Waals surface area contributed by atoms with Gasteiger partial charge in [-0.3, -0.25) is 0 Å². The lowest BCUT2D eigenvalue weighted by Crippen LogP contribution is -1.98. The van der Waals surface area contributed by atoms with Crippen LogP contribution in [0.4, 0.5) is 5.69 Å². The van der Waals surface area contributed by atoms with Crippen LogP contribution in [0.15, 0.2) is 157 Å². The van der Waals surface area contributed by atoms with Crippen LogP contribution in [0.5, 0.6) is 23.0 Å². The summed E-state index contributed by atoms with van der Waals surface area (Å²) < 4.78 is 27.5. The minimum Gasteiger partial charge on any atom is -0.455 e. The highest BCUT2D eigenvalue weighted by Gasteiger charge is 2.23. The van der Waals surface area contributed by atoms with Crippen molar-refractivity contribution < 1.29 is 18.3 Å². The molecular weight excluding hydrogens is 742 g/mol. The van der Waals surface area contributed by atoms with Crippen LogP contribution in [-0.2, 0) is 0 Å². The van der Waals surface area contributed by atoms with Gasteiger partial charge in [-0.1, -0.05) is 97.1 Å². The number of furan rings is 2. The first-order valence-corrected chi connectivity index (χ1v) is 17.3. The average Bonchev–Trinajstić information content (AvgIpc) is 3.71. The molecule has 7 heteroatoms. The van der Waals surface area contributed by atoms with Crippen molar-refractivity contribution in [1.29, 1.82) is 0 Å². The van der Waals surface area contributed by atoms with Gasteiger partial charge in [0.15, 0.2) is 0 Å². The van der Waals surface area contributed by atoms with Gasteiger partial charge >= 0.3 is 0 Å². The lowest BCUT2D eigenvalue weighted by molar-refractivity contribution is 0.458. The summed E-state index contributed by atoms with van der Waals surface area (Å²) in [5.41, 5.74) is 13.8. The van der Waals surface area contributed by atoms with Gasteiger partial charge in [0.1, 0.15) is 45.3 Å². The van der Waals surface area contributed by atoms with Gasteiger partial charge in [-0.25, -0.2) is 0 Å². The fraction of sp³-hybridized carbons (Fsp3) is 0. The van der Waals surface area contributed by atoms with Crippen LogP contribution in [0.2, 0.25) is 0 Å². The fourth-order valence-electron chi connectivity index (χ4n) is 6.46. The number of ether oxygens (including phenoxy) is 2. The number of fused-ring (bicyclic) bond motifs is 6. The largest absolute Gasteiger partial charge is 0.455 e. The number of nitrogen functional groups attached to an aromatic ring is 1. The molecule has 0 aliphatic carbocycles. The Morgan fingerprint density at radius 2 is 0.837 bits per heavy atom. The number of anilines is 1. The highest BCUT2D eigenvalue weighted by Crippen LogP contribution is 2.50. The summed E-state index contributed by atoms with van der Waals surface area (Å²) in [7, 11) is 0. The molecule has 0 fully saturated rings. The van der Waals surface area contributed by atoms with Gasteiger partial charge in [0.2, 0.25) is 0 Å². The molecule has 0 radical (unpaired) electrons. The summed E-state index contributed by atoms with van der Waals surface area (Å²) >= 11 is 7.39. The van der Waals surface area contributed by atoms with Crippen molar-refractivity contribution in [2.24, 2.45) is 0 Å². The summed E-state index contributed by atoms with van der Waals surface area (Å²) in [6, 6.07) is 46.1. The molecule has 0 spiro atoms. The molecule has 49 heavy (non-hydrogen) atoms. The quantitative estimate of drug-likeness (QED) is 0.171. The van der Waals surface area contributed by atoms with E-state index in [4.69, 9.17) is 24.0 Å². The highest BCUT2D eigenvalue weighted by molar-refractivity contribution is 9.11. The first kappa shape index (κ1) is 29.6. The fourth-order valence-corrected chi connectivity index (χ4v) is 7.51. The van der Waals surface area contributed by atoms with E-state index in [0.717, 1.165) is 66.1 Å². The van der Waals surface area contributed by atoms with Crippen molar-refractivity contribution >= 4 is 81.4 Å². The number of hydrogen-bond donors (Lipinski definition) is 1. The molecule has 2 N–H and O–H groups in total. The molecule has 5 nitrogen and oxygen atoms in total. The van der Waals surface area contributed by atoms with Gasteiger partial charge in [0.05, 0.1) is 25.8 Å². The Morgan fingerprint density at radius 1 is 0.429 bits per heavy atom. The Kier molecular flexibility index (Phi) is 7.18. The Balaban J connectivity index is 1.19. The topological polar surface area (TPSA) is 70.8 Å². The molecule has 0 atom stereocenters. The van der Waals surface area contributed by atoms with Crippen molar-refractivity contribution in [2.45, 2.75) is 0 Å². The maximum absolute atomic E-state index is 6.73. The third-order valence-electron chi connectivity index (χ3n) is 8.75. The smallest absolute Gasteiger partial charge is 0.147 e. The predicted octanol–water partition coefficient (Wildman–Crippen LogP) is 13.5. The SMILES string of the molecule is Nc1c(Br)c(Oc2ccc3c(oc4ccccc43)c2-c2ccccc2)cc(Oc2ccc3c(oc4ccccc43)c2-c2ccccc2)c1Br. The lowest BCUT2D eigenvalue weighted by atomic mass is 10.0. The van der Waals surface area contributed by atoms with Crippen molar-refractivity contribution in [3.8, 4) is 45.3 Å². The minimum absolute atomic E-state index is 0.435. The zero-order valence-electron chi connectivity index (χ0n) is 25.7. The van der Waals surface area contributed by atoms with Crippen molar-refractivity contribution in [1.82, 2.24) is 0 Å². The Morgan fingerprint density at radius 3 is 1.29 bits per heavy atom. The van der Waals surface area contributed by atoms with Crippen molar-refractivity contribution in [3.63, 3.8) is 0 Å². The van der Waals surface area contributed by atoms with Crippen LogP contribution >= 0.6 is 31.9 Å². The molecular formula is C42H25Br2NO4. The van der Waals surface area contributed by atoms with Gasteiger partial charge in [-0.05, 0) is 79.4 Å². The van der Waals surface area contributed by atoms with E-state index in [1.54, 1.807) is 0 Å². The molecule has 0 bridgehead atoms. The predicted molar refractivity (Wildman–Crippen MR) is 205 cm³/mol. The van der Waals surface area contributed by atoms with Crippen LogP contribution in [-0.4, -0.2) is 0 Å². The molecule has 0 saturated heterocycles. The van der Waals surface area contributed by atoms with E-state index >= 15 is 0 Å².